The lowest BCUT2D eigenvalue weighted by Crippen LogP contribution is -2.05. The van der Waals surface area contributed by atoms with Crippen molar-refractivity contribution in [1.82, 2.24) is 0 Å². The van der Waals surface area contributed by atoms with Crippen molar-refractivity contribution in [2.45, 2.75) is 13.2 Å². The highest BCUT2D eigenvalue weighted by Gasteiger charge is 2.10. The molecule has 1 N–H and O–H groups in total. The highest BCUT2D eigenvalue weighted by molar-refractivity contribution is 5.48. The molecule has 0 amide bonds. The number of nitrogens with zero attached hydrogens (tertiary/aromatic N) is 1. The summed E-state index contributed by atoms with van der Waals surface area (Å²) in [6.07, 6.45) is 0. The molecule has 0 aliphatic carbocycles. The van der Waals surface area contributed by atoms with Gasteiger partial charge in [-0.1, -0.05) is 12.1 Å². The van der Waals surface area contributed by atoms with E-state index < -0.39 is 18.2 Å². The minimum Gasteiger partial charge on any atom is -0.432 e. The third-order valence-electron chi connectivity index (χ3n) is 2.73. The maximum Gasteiger partial charge on any atom is 0.387 e. The molecule has 0 aromatic heterocycles. The van der Waals surface area contributed by atoms with Crippen LogP contribution in [-0.4, -0.2) is 6.61 Å². The molecule has 2 aromatic rings. The number of alkyl halides is 2. The van der Waals surface area contributed by atoms with Crippen LogP contribution in [0.25, 0.3) is 0 Å². The van der Waals surface area contributed by atoms with Gasteiger partial charge in [0.05, 0.1) is 11.6 Å². The minimum atomic E-state index is -3.06. The molecular weight excluding hydrogens is 281 g/mol. The summed E-state index contributed by atoms with van der Waals surface area (Å²) >= 11 is 0. The quantitative estimate of drug-likeness (QED) is 0.908. The molecule has 0 bridgehead atoms. The van der Waals surface area contributed by atoms with Gasteiger partial charge in [-0.15, -0.1) is 0 Å². The zero-order valence-electron chi connectivity index (χ0n) is 10.8. The molecule has 108 valence electrons. The number of nitrogens with one attached hydrogen (secondary N) is 1. The lowest BCUT2D eigenvalue weighted by molar-refractivity contribution is -0.0521. The van der Waals surface area contributed by atoms with Crippen LogP contribution >= 0.6 is 0 Å². The van der Waals surface area contributed by atoms with Gasteiger partial charge in [0.25, 0.3) is 0 Å². The van der Waals surface area contributed by atoms with Gasteiger partial charge in [0.1, 0.15) is 0 Å². The van der Waals surface area contributed by atoms with Crippen LogP contribution in [0.4, 0.5) is 18.9 Å². The lowest BCUT2D eigenvalue weighted by atomic mass is 10.1. The van der Waals surface area contributed by atoms with E-state index >= 15 is 0 Å². The molecule has 2 rings (SSSR count). The van der Waals surface area contributed by atoms with Crippen molar-refractivity contribution < 1.29 is 17.9 Å². The molecule has 0 spiro atoms. The zero-order valence-corrected chi connectivity index (χ0v) is 10.8. The molecule has 3 nitrogen and oxygen atoms in total. The predicted octanol–water partition coefficient (Wildman–Crippen LogP) is 3.91. The van der Waals surface area contributed by atoms with Gasteiger partial charge in [0.15, 0.2) is 11.6 Å². The molecule has 0 unspecified atom stereocenters. The molecule has 2 aromatic carbocycles. The van der Waals surface area contributed by atoms with E-state index in [9.17, 15) is 13.2 Å². The maximum absolute atomic E-state index is 13.5. The topological polar surface area (TPSA) is 45.0 Å². The Hall–Kier alpha value is -2.68. The van der Waals surface area contributed by atoms with Gasteiger partial charge in [-0.05, 0) is 29.8 Å². The number of anilines is 1. The van der Waals surface area contributed by atoms with Crippen molar-refractivity contribution in [1.29, 1.82) is 5.26 Å². The summed E-state index contributed by atoms with van der Waals surface area (Å²) in [5.41, 5.74) is 1.90. The molecular formula is C15H11F3N2O. The fraction of sp³-hybridized carbons (Fsp3) is 0.133. The van der Waals surface area contributed by atoms with E-state index in [-0.39, 0.29) is 0 Å². The highest BCUT2D eigenvalue weighted by Crippen LogP contribution is 2.23. The lowest BCUT2D eigenvalue weighted by Gasteiger charge is -2.09. The smallest absolute Gasteiger partial charge is 0.387 e. The van der Waals surface area contributed by atoms with E-state index in [1.165, 1.54) is 6.07 Å². The van der Waals surface area contributed by atoms with Crippen LogP contribution in [0, 0.1) is 17.1 Å². The van der Waals surface area contributed by atoms with E-state index in [1.54, 1.807) is 24.3 Å². The Balaban J connectivity index is 2.00. The first-order valence-corrected chi connectivity index (χ1v) is 6.06. The Morgan fingerprint density at radius 2 is 1.86 bits per heavy atom. The summed E-state index contributed by atoms with van der Waals surface area (Å²) in [5.74, 6) is -1.35. The number of halogens is 3. The summed E-state index contributed by atoms with van der Waals surface area (Å²) in [5, 5.41) is 11.6. The SMILES string of the molecule is N#Cc1ccc(CNc2ccc(OC(F)F)c(F)c2)cc1. The van der Waals surface area contributed by atoms with Crippen LogP contribution in [0.3, 0.4) is 0 Å². The molecule has 6 heteroatoms. The fourth-order valence-electron chi connectivity index (χ4n) is 1.70. The Kier molecular flexibility index (Phi) is 4.67. The first kappa shape index (κ1) is 14.7. The Bertz CT molecular complexity index is 651. The van der Waals surface area contributed by atoms with Gasteiger partial charge in [0.2, 0.25) is 0 Å². The number of benzene rings is 2. The third kappa shape index (κ3) is 4.14. The van der Waals surface area contributed by atoms with Crippen molar-refractivity contribution in [2.75, 3.05) is 5.32 Å². The highest BCUT2D eigenvalue weighted by atomic mass is 19.3. The molecule has 0 radical (unpaired) electrons. The Morgan fingerprint density at radius 3 is 2.43 bits per heavy atom. The normalized spacial score (nSPS) is 10.2. The number of hydrogen-bond donors (Lipinski definition) is 1. The molecule has 0 saturated heterocycles. The average Bonchev–Trinajstić information content (AvgIpc) is 2.48. The van der Waals surface area contributed by atoms with Gasteiger partial charge in [-0.25, -0.2) is 4.39 Å². The predicted molar refractivity (Wildman–Crippen MR) is 71.5 cm³/mol. The first-order chi connectivity index (χ1) is 10.1. The molecule has 0 fully saturated rings. The second-order valence-corrected chi connectivity index (χ2v) is 4.19. The zero-order chi connectivity index (χ0) is 15.2. The number of ether oxygens (including phenoxy) is 1. The summed E-state index contributed by atoms with van der Waals surface area (Å²) < 4.78 is 41.5. The largest absolute Gasteiger partial charge is 0.432 e. The van der Waals surface area contributed by atoms with Crippen LogP contribution in [-0.2, 0) is 6.54 Å². The van der Waals surface area contributed by atoms with E-state index in [4.69, 9.17) is 5.26 Å². The number of nitriles is 1. The van der Waals surface area contributed by atoms with E-state index in [2.05, 4.69) is 10.1 Å². The average molecular weight is 292 g/mol. The summed E-state index contributed by atoms with van der Waals surface area (Å²) in [4.78, 5) is 0. The van der Waals surface area contributed by atoms with Gasteiger partial charge in [-0.3, -0.25) is 0 Å². The second-order valence-electron chi connectivity index (χ2n) is 4.19. The monoisotopic (exact) mass is 292 g/mol. The van der Waals surface area contributed by atoms with Crippen molar-refractivity contribution in [2.24, 2.45) is 0 Å². The second kappa shape index (κ2) is 6.66. The fourth-order valence-corrected chi connectivity index (χ4v) is 1.70. The van der Waals surface area contributed by atoms with Crippen LogP contribution in [0.1, 0.15) is 11.1 Å². The maximum atomic E-state index is 13.5. The van der Waals surface area contributed by atoms with Gasteiger partial charge in [-0.2, -0.15) is 14.0 Å². The van der Waals surface area contributed by atoms with E-state index in [0.29, 0.717) is 17.8 Å². The van der Waals surface area contributed by atoms with E-state index in [1.807, 2.05) is 6.07 Å². The molecule has 0 heterocycles. The van der Waals surface area contributed by atoms with Gasteiger partial charge < -0.3 is 10.1 Å². The van der Waals surface area contributed by atoms with Crippen LogP contribution in [0.15, 0.2) is 42.5 Å². The van der Waals surface area contributed by atoms with Gasteiger partial charge >= 0.3 is 6.61 Å². The van der Waals surface area contributed by atoms with Crippen molar-refractivity contribution in [3.8, 4) is 11.8 Å². The number of rotatable bonds is 5. The molecule has 0 atom stereocenters. The molecule has 0 saturated carbocycles. The Labute approximate surface area is 119 Å². The molecule has 0 aliphatic heterocycles. The van der Waals surface area contributed by atoms with Crippen LogP contribution < -0.4 is 10.1 Å². The standard InChI is InChI=1S/C15H11F3N2O/c16-13-7-12(5-6-14(13)21-15(17)18)20-9-11-3-1-10(8-19)2-4-11/h1-7,15,20H,9H2. The summed E-state index contributed by atoms with van der Waals surface area (Å²) in [6, 6.07) is 12.6. The van der Waals surface area contributed by atoms with Gasteiger partial charge in [0, 0.05) is 18.3 Å². The number of hydrogen-bond acceptors (Lipinski definition) is 3. The third-order valence-corrected chi connectivity index (χ3v) is 2.73. The molecule has 0 aliphatic rings. The minimum absolute atomic E-state index is 0.417. The van der Waals surface area contributed by atoms with E-state index in [0.717, 1.165) is 17.7 Å². The van der Waals surface area contributed by atoms with Crippen molar-refractivity contribution in [3.63, 3.8) is 0 Å². The summed E-state index contributed by atoms with van der Waals surface area (Å²) in [7, 11) is 0. The Morgan fingerprint density at radius 1 is 1.14 bits per heavy atom. The molecule has 21 heavy (non-hydrogen) atoms. The van der Waals surface area contributed by atoms with Crippen molar-refractivity contribution in [3.05, 3.63) is 59.4 Å². The van der Waals surface area contributed by atoms with Crippen LogP contribution in [0.2, 0.25) is 0 Å². The van der Waals surface area contributed by atoms with Crippen molar-refractivity contribution >= 4 is 5.69 Å². The first-order valence-electron chi connectivity index (χ1n) is 6.06. The van der Waals surface area contributed by atoms with Crippen LogP contribution in [0.5, 0.6) is 5.75 Å². The summed E-state index contributed by atoms with van der Waals surface area (Å²) in [6.45, 7) is -2.64.